The fourth-order valence-electron chi connectivity index (χ4n) is 3.60. The summed E-state index contributed by atoms with van der Waals surface area (Å²) in [6, 6.07) is 0. The van der Waals surface area contributed by atoms with E-state index in [0.717, 1.165) is 38.4 Å². The van der Waals surface area contributed by atoms with Crippen LogP contribution in [0.4, 0.5) is 0 Å². The largest absolute Gasteiger partial charge is 0.481 e. The van der Waals surface area contributed by atoms with E-state index >= 15 is 0 Å². The van der Waals surface area contributed by atoms with Crippen LogP contribution in [0.15, 0.2) is 12.2 Å². The Morgan fingerprint density at radius 3 is 2.60 bits per heavy atom. The van der Waals surface area contributed by atoms with Gasteiger partial charge < -0.3 is 14.6 Å². The van der Waals surface area contributed by atoms with Gasteiger partial charge in [-0.15, -0.1) is 0 Å². The molecule has 1 N–H and O–H groups in total. The summed E-state index contributed by atoms with van der Waals surface area (Å²) in [5, 5.41) is 8.56. The van der Waals surface area contributed by atoms with Gasteiger partial charge in [0.25, 0.3) is 0 Å². The lowest BCUT2D eigenvalue weighted by Gasteiger charge is -2.26. The zero-order valence-electron chi connectivity index (χ0n) is 11.9. The summed E-state index contributed by atoms with van der Waals surface area (Å²) in [6.45, 7) is 0. The summed E-state index contributed by atoms with van der Waals surface area (Å²) in [5.74, 6) is 0.348. The number of carboxylic acid groups (broad SMARTS) is 1. The molecule has 0 aromatic rings. The molecule has 2 heterocycles. The lowest BCUT2D eigenvalue weighted by atomic mass is 9.75. The van der Waals surface area contributed by atoms with Crippen molar-refractivity contribution in [3.8, 4) is 0 Å². The van der Waals surface area contributed by atoms with Gasteiger partial charge in [0.05, 0.1) is 12.2 Å². The number of hydrogen-bond acceptors (Lipinski definition) is 3. The fourth-order valence-corrected chi connectivity index (χ4v) is 3.60. The molecule has 0 aliphatic carbocycles. The maximum Gasteiger partial charge on any atom is 0.303 e. The van der Waals surface area contributed by atoms with Crippen molar-refractivity contribution in [2.45, 2.75) is 63.6 Å². The Morgan fingerprint density at radius 1 is 1.15 bits per heavy atom. The summed E-state index contributed by atoms with van der Waals surface area (Å²) < 4.78 is 5.98. The molecule has 0 amide bonds. The summed E-state index contributed by atoms with van der Waals surface area (Å²) in [5.41, 5.74) is 0. The zero-order chi connectivity index (χ0) is 14.4. The predicted molar refractivity (Wildman–Crippen MR) is 75.4 cm³/mol. The van der Waals surface area contributed by atoms with E-state index in [0.29, 0.717) is 36.9 Å². The minimum absolute atomic E-state index is 0.240. The predicted octanol–water partition coefficient (Wildman–Crippen LogP) is 2.96. The molecule has 0 aromatic heterocycles. The van der Waals surface area contributed by atoms with Gasteiger partial charge >= 0.3 is 5.97 Å². The number of rotatable bonds is 9. The smallest absolute Gasteiger partial charge is 0.303 e. The third-order valence-electron chi connectivity index (χ3n) is 4.54. The zero-order valence-corrected chi connectivity index (χ0v) is 11.9. The van der Waals surface area contributed by atoms with Crippen LogP contribution in [0.1, 0.15) is 51.4 Å². The second kappa shape index (κ2) is 7.58. The summed E-state index contributed by atoms with van der Waals surface area (Å²) in [7, 11) is 0. The first-order valence-corrected chi connectivity index (χ1v) is 7.68. The van der Waals surface area contributed by atoms with E-state index in [1.165, 1.54) is 0 Å². The highest BCUT2D eigenvalue weighted by atomic mass is 16.5. The number of carbonyl (C=O) groups is 2. The second-order valence-electron chi connectivity index (χ2n) is 5.86. The Hall–Kier alpha value is -1.16. The van der Waals surface area contributed by atoms with Gasteiger partial charge in [-0.1, -0.05) is 12.2 Å². The van der Waals surface area contributed by atoms with Gasteiger partial charge in [0.1, 0.15) is 6.29 Å². The lowest BCUT2D eigenvalue weighted by molar-refractivity contribution is -0.137. The average Bonchev–Trinajstić information content (AvgIpc) is 3.01. The van der Waals surface area contributed by atoms with Gasteiger partial charge in [0.2, 0.25) is 0 Å². The molecule has 0 aromatic carbocycles. The molecule has 2 bridgehead atoms. The molecule has 4 atom stereocenters. The van der Waals surface area contributed by atoms with E-state index < -0.39 is 5.97 Å². The topological polar surface area (TPSA) is 63.6 Å². The van der Waals surface area contributed by atoms with Crippen LogP contribution in [-0.4, -0.2) is 29.6 Å². The number of hydrogen-bond donors (Lipinski definition) is 1. The van der Waals surface area contributed by atoms with E-state index in [1.54, 1.807) is 0 Å². The van der Waals surface area contributed by atoms with Gasteiger partial charge in [-0.25, -0.2) is 0 Å². The first-order chi connectivity index (χ1) is 9.72. The molecule has 4 heteroatoms. The quantitative estimate of drug-likeness (QED) is 0.400. The van der Waals surface area contributed by atoms with E-state index in [1.807, 2.05) is 0 Å². The SMILES string of the molecule is O=CCC[C@@H]1[C@H](C/C=C\CCCC(=O)O)[C@@H]2CC[C@H]1O2. The number of aliphatic carboxylic acids is 1. The lowest BCUT2D eigenvalue weighted by Crippen LogP contribution is -2.26. The van der Waals surface area contributed by atoms with E-state index in [9.17, 15) is 9.59 Å². The van der Waals surface area contributed by atoms with Gasteiger partial charge in [-0.2, -0.15) is 0 Å². The molecule has 2 fully saturated rings. The third kappa shape index (κ3) is 3.92. The van der Waals surface area contributed by atoms with Crippen molar-refractivity contribution in [1.29, 1.82) is 0 Å². The number of aldehydes is 1. The van der Waals surface area contributed by atoms with Crippen molar-refractivity contribution in [3.05, 3.63) is 12.2 Å². The van der Waals surface area contributed by atoms with E-state index in [-0.39, 0.29) is 6.42 Å². The van der Waals surface area contributed by atoms with Crippen LogP contribution in [-0.2, 0) is 14.3 Å². The van der Waals surface area contributed by atoms with Crippen molar-refractivity contribution >= 4 is 12.3 Å². The van der Waals surface area contributed by atoms with Crippen molar-refractivity contribution in [3.63, 3.8) is 0 Å². The van der Waals surface area contributed by atoms with Crippen molar-refractivity contribution in [2.24, 2.45) is 11.8 Å². The van der Waals surface area contributed by atoms with Crippen molar-refractivity contribution in [2.75, 3.05) is 0 Å². The number of unbranched alkanes of at least 4 members (excludes halogenated alkanes) is 1. The number of carboxylic acids is 1. The average molecular weight is 280 g/mol. The highest BCUT2D eigenvalue weighted by molar-refractivity contribution is 5.66. The Labute approximate surface area is 120 Å². The molecule has 4 nitrogen and oxygen atoms in total. The monoisotopic (exact) mass is 280 g/mol. The first-order valence-electron chi connectivity index (χ1n) is 7.68. The third-order valence-corrected chi connectivity index (χ3v) is 4.54. The number of carbonyl (C=O) groups excluding carboxylic acids is 1. The van der Waals surface area contributed by atoms with Gasteiger partial charge in [0, 0.05) is 12.8 Å². The molecule has 2 saturated heterocycles. The van der Waals surface area contributed by atoms with Crippen LogP contribution in [0.2, 0.25) is 0 Å². The Morgan fingerprint density at radius 2 is 1.90 bits per heavy atom. The molecule has 2 rings (SSSR count). The molecule has 0 saturated carbocycles. The van der Waals surface area contributed by atoms with Crippen LogP contribution < -0.4 is 0 Å². The van der Waals surface area contributed by atoms with E-state index in [4.69, 9.17) is 9.84 Å². The number of ether oxygens (including phenoxy) is 1. The van der Waals surface area contributed by atoms with Crippen LogP contribution >= 0.6 is 0 Å². The normalized spacial score (nSPS) is 32.0. The standard InChI is InChI=1S/C16H24O4/c17-11-5-7-13-12(14-9-10-15(13)20-14)6-3-1-2-4-8-16(18)19/h1,3,11-15H,2,4-10H2,(H,18,19)/b3-1-/t12-,13+,14-,15+/m0/s1. The minimum atomic E-state index is -0.728. The highest BCUT2D eigenvalue weighted by Gasteiger charge is 2.47. The Bertz CT molecular complexity index is 363. The van der Waals surface area contributed by atoms with Gasteiger partial charge in [0.15, 0.2) is 0 Å². The summed E-state index contributed by atoms with van der Waals surface area (Å²) in [4.78, 5) is 21.0. The molecule has 0 spiro atoms. The van der Waals surface area contributed by atoms with Gasteiger partial charge in [-0.3, -0.25) is 4.79 Å². The fraction of sp³-hybridized carbons (Fsp3) is 0.750. The van der Waals surface area contributed by atoms with Crippen LogP contribution in [0.5, 0.6) is 0 Å². The summed E-state index contributed by atoms with van der Waals surface area (Å²) in [6.07, 6.45) is 12.7. The molecule has 112 valence electrons. The van der Waals surface area contributed by atoms with E-state index in [2.05, 4.69) is 12.2 Å². The highest BCUT2D eigenvalue weighted by Crippen LogP contribution is 2.46. The van der Waals surface area contributed by atoms with Crippen LogP contribution in [0.25, 0.3) is 0 Å². The van der Waals surface area contributed by atoms with Gasteiger partial charge in [-0.05, 0) is 50.4 Å². The molecule has 0 radical (unpaired) electrons. The Kier molecular flexibility index (Phi) is 5.77. The summed E-state index contributed by atoms with van der Waals surface area (Å²) >= 11 is 0. The van der Waals surface area contributed by atoms with Crippen molar-refractivity contribution < 1.29 is 19.4 Å². The van der Waals surface area contributed by atoms with Crippen LogP contribution in [0.3, 0.4) is 0 Å². The second-order valence-corrected chi connectivity index (χ2v) is 5.86. The molecule has 2 aliphatic heterocycles. The van der Waals surface area contributed by atoms with Crippen LogP contribution in [0, 0.1) is 11.8 Å². The molecule has 2 aliphatic rings. The Balaban J connectivity index is 1.74. The minimum Gasteiger partial charge on any atom is -0.481 e. The molecular formula is C16H24O4. The molecular weight excluding hydrogens is 256 g/mol. The maximum atomic E-state index is 10.6. The number of fused-ring (bicyclic) bond motifs is 2. The molecule has 20 heavy (non-hydrogen) atoms. The first kappa shape index (κ1) is 15.2. The maximum absolute atomic E-state index is 10.6. The van der Waals surface area contributed by atoms with Crippen molar-refractivity contribution in [1.82, 2.24) is 0 Å². The number of allylic oxidation sites excluding steroid dienone is 2. The molecule has 0 unspecified atom stereocenters.